The first kappa shape index (κ1) is 24.5. The summed E-state index contributed by atoms with van der Waals surface area (Å²) in [5, 5.41) is 13.2. The molecule has 9 heteroatoms. The first-order valence-electron chi connectivity index (χ1n) is 9.49. The first-order valence-corrected chi connectivity index (χ1v) is 10.7. The van der Waals surface area contributed by atoms with E-state index in [-0.39, 0.29) is 24.0 Å². The van der Waals surface area contributed by atoms with Crippen LogP contribution in [0.1, 0.15) is 32.5 Å². The number of rotatable bonds is 9. The summed E-state index contributed by atoms with van der Waals surface area (Å²) in [6.07, 6.45) is 5.17. The number of ether oxygens (including phenoxy) is 1. The standard InChI is InChI=1S/C18H34N6OS.HI/c1-14(2)11-24-16(21-22-18(24)26-5)7-6-9-20-17(19-3)23-10-8-15(12-23)13-25-4;/h14-15H,6-13H2,1-5H3,(H,19,20);1H. The Morgan fingerprint density at radius 1 is 1.41 bits per heavy atom. The van der Waals surface area contributed by atoms with Gasteiger partial charge in [-0.3, -0.25) is 4.99 Å². The van der Waals surface area contributed by atoms with Gasteiger partial charge in [0.25, 0.3) is 0 Å². The van der Waals surface area contributed by atoms with Crippen molar-refractivity contribution >= 4 is 41.7 Å². The molecule has 1 aliphatic heterocycles. The van der Waals surface area contributed by atoms with Crippen LogP contribution in [-0.2, 0) is 17.7 Å². The quantitative estimate of drug-likeness (QED) is 0.181. The number of nitrogens with zero attached hydrogens (tertiary/aromatic N) is 5. The van der Waals surface area contributed by atoms with E-state index in [1.807, 2.05) is 7.05 Å². The molecule has 156 valence electrons. The molecule has 7 nitrogen and oxygen atoms in total. The highest BCUT2D eigenvalue weighted by Crippen LogP contribution is 2.17. The van der Waals surface area contributed by atoms with Crippen LogP contribution in [0, 0.1) is 11.8 Å². The van der Waals surface area contributed by atoms with Gasteiger partial charge < -0.3 is 19.5 Å². The highest BCUT2D eigenvalue weighted by atomic mass is 127. The number of thioether (sulfide) groups is 1. The second kappa shape index (κ2) is 12.8. The lowest BCUT2D eigenvalue weighted by molar-refractivity contribution is 0.157. The Labute approximate surface area is 185 Å². The molecule has 0 spiro atoms. The SMILES string of the molecule is CN=C(NCCCc1nnc(SC)n1CC(C)C)N1CCC(COC)C1.I. The monoisotopic (exact) mass is 510 g/mol. The van der Waals surface area contributed by atoms with E-state index < -0.39 is 0 Å². The zero-order valence-corrected chi connectivity index (χ0v) is 20.4. The second-order valence-electron chi connectivity index (χ2n) is 7.24. The third kappa shape index (κ3) is 7.41. The number of aryl methyl sites for hydroxylation is 1. The average Bonchev–Trinajstić information content (AvgIpc) is 3.22. The van der Waals surface area contributed by atoms with E-state index in [1.165, 1.54) is 6.42 Å². The topological polar surface area (TPSA) is 67.6 Å². The van der Waals surface area contributed by atoms with Crippen LogP contribution in [0.5, 0.6) is 0 Å². The van der Waals surface area contributed by atoms with Crippen LogP contribution in [0.3, 0.4) is 0 Å². The van der Waals surface area contributed by atoms with Gasteiger partial charge in [0.1, 0.15) is 5.82 Å². The molecule has 0 aromatic carbocycles. The predicted octanol–water partition coefficient (Wildman–Crippen LogP) is 2.75. The van der Waals surface area contributed by atoms with Gasteiger partial charge >= 0.3 is 0 Å². The summed E-state index contributed by atoms with van der Waals surface area (Å²) >= 11 is 1.66. The summed E-state index contributed by atoms with van der Waals surface area (Å²) in [7, 11) is 3.63. The highest BCUT2D eigenvalue weighted by molar-refractivity contribution is 14.0. The lowest BCUT2D eigenvalue weighted by Crippen LogP contribution is -2.40. The van der Waals surface area contributed by atoms with Gasteiger partial charge in [0.15, 0.2) is 11.1 Å². The molecule has 1 atom stereocenters. The van der Waals surface area contributed by atoms with Crippen LogP contribution in [-0.4, -0.2) is 72.3 Å². The molecule has 1 aromatic heterocycles. The zero-order valence-electron chi connectivity index (χ0n) is 17.3. The smallest absolute Gasteiger partial charge is 0.193 e. The molecule has 1 aromatic rings. The minimum absolute atomic E-state index is 0. The maximum absolute atomic E-state index is 5.28. The summed E-state index contributed by atoms with van der Waals surface area (Å²) < 4.78 is 7.54. The molecule has 0 amide bonds. The Hall–Kier alpha value is -0.550. The molecule has 0 aliphatic carbocycles. The van der Waals surface area contributed by atoms with Crippen molar-refractivity contribution in [3.05, 3.63) is 5.82 Å². The normalized spacial score (nSPS) is 17.5. The third-order valence-corrected chi connectivity index (χ3v) is 5.25. The van der Waals surface area contributed by atoms with Crippen LogP contribution >= 0.6 is 35.7 Å². The summed E-state index contributed by atoms with van der Waals surface area (Å²) in [5.74, 6) is 3.28. The minimum Gasteiger partial charge on any atom is -0.384 e. The molecular weight excluding hydrogens is 475 g/mol. The van der Waals surface area contributed by atoms with Gasteiger partial charge in [-0.1, -0.05) is 25.6 Å². The number of hydrogen-bond donors (Lipinski definition) is 1. The third-order valence-electron chi connectivity index (χ3n) is 4.58. The molecule has 0 radical (unpaired) electrons. The molecule has 1 unspecified atom stereocenters. The van der Waals surface area contributed by atoms with Gasteiger partial charge in [-0.05, 0) is 25.0 Å². The number of halogens is 1. The Kier molecular flexibility index (Phi) is 11.6. The molecule has 27 heavy (non-hydrogen) atoms. The van der Waals surface area contributed by atoms with Crippen molar-refractivity contribution in [3.63, 3.8) is 0 Å². The molecule has 0 saturated carbocycles. The van der Waals surface area contributed by atoms with Gasteiger partial charge in [-0.15, -0.1) is 34.2 Å². The summed E-state index contributed by atoms with van der Waals surface area (Å²) in [4.78, 5) is 6.77. The second-order valence-corrected chi connectivity index (χ2v) is 8.01. The molecule has 1 aliphatic rings. The Bertz CT molecular complexity index is 580. The lowest BCUT2D eigenvalue weighted by atomic mass is 10.1. The summed E-state index contributed by atoms with van der Waals surface area (Å²) in [6, 6.07) is 0. The van der Waals surface area contributed by atoms with E-state index in [4.69, 9.17) is 4.74 Å². The maximum Gasteiger partial charge on any atom is 0.193 e. The lowest BCUT2D eigenvalue weighted by Gasteiger charge is -2.21. The van der Waals surface area contributed by atoms with Crippen LogP contribution in [0.2, 0.25) is 0 Å². The molecule has 1 fully saturated rings. The molecule has 1 N–H and O–H groups in total. The van der Waals surface area contributed by atoms with Gasteiger partial charge in [-0.25, -0.2) is 0 Å². The van der Waals surface area contributed by atoms with Crippen molar-refractivity contribution in [2.75, 3.05) is 46.7 Å². The van der Waals surface area contributed by atoms with Gasteiger partial charge in [0, 0.05) is 52.7 Å². The molecule has 2 heterocycles. The van der Waals surface area contributed by atoms with Crippen molar-refractivity contribution in [1.82, 2.24) is 25.0 Å². The van der Waals surface area contributed by atoms with Gasteiger partial charge in [0.2, 0.25) is 0 Å². The van der Waals surface area contributed by atoms with Crippen molar-refractivity contribution in [1.29, 1.82) is 0 Å². The van der Waals surface area contributed by atoms with Crippen LogP contribution < -0.4 is 5.32 Å². The molecule has 2 rings (SSSR count). The van der Waals surface area contributed by atoms with Crippen molar-refractivity contribution in [2.24, 2.45) is 16.8 Å². The first-order chi connectivity index (χ1) is 12.6. The number of nitrogens with one attached hydrogen (secondary N) is 1. The average molecular weight is 510 g/mol. The van der Waals surface area contributed by atoms with E-state index in [0.29, 0.717) is 11.8 Å². The number of methoxy groups -OCH3 is 1. The molecular formula is C18H35IN6OS. The van der Waals surface area contributed by atoms with Crippen molar-refractivity contribution in [2.45, 2.75) is 44.8 Å². The maximum atomic E-state index is 5.28. The predicted molar refractivity (Wildman–Crippen MR) is 123 cm³/mol. The van der Waals surface area contributed by atoms with Gasteiger partial charge in [0.05, 0.1) is 6.61 Å². The zero-order chi connectivity index (χ0) is 18.9. The van der Waals surface area contributed by atoms with Crippen LogP contribution in [0.25, 0.3) is 0 Å². The number of aliphatic imine (C=N–C) groups is 1. The highest BCUT2D eigenvalue weighted by Gasteiger charge is 2.24. The van der Waals surface area contributed by atoms with Crippen molar-refractivity contribution < 1.29 is 4.74 Å². The van der Waals surface area contributed by atoms with E-state index in [9.17, 15) is 0 Å². The van der Waals surface area contributed by atoms with Crippen LogP contribution in [0.4, 0.5) is 0 Å². The van der Waals surface area contributed by atoms with Crippen molar-refractivity contribution in [3.8, 4) is 0 Å². The number of hydrogen-bond acceptors (Lipinski definition) is 5. The van der Waals surface area contributed by atoms with E-state index in [0.717, 1.165) is 62.6 Å². The number of aromatic nitrogens is 3. The van der Waals surface area contributed by atoms with Crippen LogP contribution in [0.15, 0.2) is 10.1 Å². The fraction of sp³-hybridized carbons (Fsp3) is 0.833. The summed E-state index contributed by atoms with van der Waals surface area (Å²) in [6.45, 7) is 9.22. The minimum atomic E-state index is 0. The number of guanidine groups is 1. The Balaban J connectivity index is 0.00000364. The number of likely N-dealkylation sites (tertiary alicyclic amines) is 1. The van der Waals surface area contributed by atoms with Gasteiger partial charge in [-0.2, -0.15) is 0 Å². The Morgan fingerprint density at radius 2 is 2.19 bits per heavy atom. The Morgan fingerprint density at radius 3 is 2.81 bits per heavy atom. The summed E-state index contributed by atoms with van der Waals surface area (Å²) in [5.41, 5.74) is 0. The molecule has 1 saturated heterocycles. The largest absolute Gasteiger partial charge is 0.384 e. The van der Waals surface area contributed by atoms with E-state index in [1.54, 1.807) is 18.9 Å². The van der Waals surface area contributed by atoms with E-state index >= 15 is 0 Å². The fourth-order valence-corrected chi connectivity index (χ4v) is 3.90. The fourth-order valence-electron chi connectivity index (χ4n) is 3.38. The molecule has 0 bridgehead atoms. The van der Waals surface area contributed by atoms with E-state index in [2.05, 4.69) is 50.1 Å².